The topological polar surface area (TPSA) is 58.6 Å². The third kappa shape index (κ3) is 3.76. The standard InChI is InChI=1S/C18H16F2N2O3/c1-11-18(24)22(15-4-2-3-5-16(15)25-11)7-6-17(23)21-14-9-12(19)8-13(20)10-14/h2-5,8-11H,6-7H2,1H3,(H,21,23). The Balaban J connectivity index is 1.68. The largest absolute Gasteiger partial charge is 0.479 e. The highest BCUT2D eigenvalue weighted by atomic mass is 19.1. The first-order valence-electron chi connectivity index (χ1n) is 7.77. The van der Waals surface area contributed by atoms with Gasteiger partial charge in [-0.15, -0.1) is 0 Å². The minimum Gasteiger partial charge on any atom is -0.479 e. The van der Waals surface area contributed by atoms with Crippen molar-refractivity contribution < 1.29 is 23.1 Å². The van der Waals surface area contributed by atoms with E-state index in [1.54, 1.807) is 31.2 Å². The van der Waals surface area contributed by atoms with Crippen LogP contribution in [0.5, 0.6) is 5.75 Å². The molecule has 0 aliphatic carbocycles. The van der Waals surface area contributed by atoms with E-state index in [2.05, 4.69) is 5.32 Å². The van der Waals surface area contributed by atoms with Gasteiger partial charge >= 0.3 is 0 Å². The molecule has 0 saturated carbocycles. The predicted molar refractivity (Wildman–Crippen MR) is 88.5 cm³/mol. The molecule has 0 radical (unpaired) electrons. The molecule has 1 N–H and O–H groups in total. The van der Waals surface area contributed by atoms with Crippen LogP contribution in [0.2, 0.25) is 0 Å². The molecule has 2 amide bonds. The van der Waals surface area contributed by atoms with E-state index in [1.165, 1.54) is 4.90 Å². The molecule has 1 aliphatic heterocycles. The van der Waals surface area contributed by atoms with E-state index in [-0.39, 0.29) is 24.6 Å². The number of anilines is 2. The normalized spacial score (nSPS) is 16.2. The molecule has 2 aromatic carbocycles. The number of carbonyl (C=O) groups excluding carboxylic acids is 2. The molecular weight excluding hydrogens is 330 g/mol. The van der Waals surface area contributed by atoms with Crippen molar-refractivity contribution in [3.8, 4) is 5.75 Å². The van der Waals surface area contributed by atoms with E-state index in [0.717, 1.165) is 18.2 Å². The second-order valence-corrected chi connectivity index (χ2v) is 5.67. The Labute approximate surface area is 143 Å². The molecule has 0 fully saturated rings. The van der Waals surface area contributed by atoms with Gasteiger partial charge in [0.25, 0.3) is 5.91 Å². The van der Waals surface area contributed by atoms with Crippen LogP contribution in [0, 0.1) is 11.6 Å². The highest BCUT2D eigenvalue weighted by molar-refractivity contribution is 6.00. The maximum Gasteiger partial charge on any atom is 0.267 e. The summed E-state index contributed by atoms with van der Waals surface area (Å²) in [7, 11) is 0. The van der Waals surface area contributed by atoms with Gasteiger partial charge in [0, 0.05) is 24.7 Å². The third-order valence-electron chi connectivity index (χ3n) is 3.78. The zero-order valence-corrected chi connectivity index (χ0v) is 13.5. The zero-order chi connectivity index (χ0) is 18.0. The number of carbonyl (C=O) groups is 2. The average molecular weight is 346 g/mol. The van der Waals surface area contributed by atoms with Crippen molar-refractivity contribution in [1.82, 2.24) is 0 Å². The summed E-state index contributed by atoms with van der Waals surface area (Å²) in [6.45, 7) is 1.77. The van der Waals surface area contributed by atoms with Gasteiger partial charge in [-0.3, -0.25) is 9.59 Å². The SMILES string of the molecule is CC1Oc2ccccc2N(CCC(=O)Nc2cc(F)cc(F)c2)C1=O. The number of nitrogens with zero attached hydrogens (tertiary/aromatic N) is 1. The van der Waals surface area contributed by atoms with E-state index in [0.29, 0.717) is 11.4 Å². The summed E-state index contributed by atoms with van der Waals surface area (Å²) < 4.78 is 31.8. The van der Waals surface area contributed by atoms with Gasteiger partial charge in [-0.05, 0) is 31.2 Å². The minimum absolute atomic E-state index is 0.0229. The maximum atomic E-state index is 13.2. The molecule has 0 aromatic heterocycles. The van der Waals surface area contributed by atoms with Gasteiger partial charge in [0.2, 0.25) is 5.91 Å². The number of fused-ring (bicyclic) bond motifs is 1. The van der Waals surface area contributed by atoms with Gasteiger partial charge in [-0.25, -0.2) is 8.78 Å². The molecule has 0 spiro atoms. The van der Waals surface area contributed by atoms with Crippen molar-refractivity contribution in [3.05, 3.63) is 54.1 Å². The first-order chi connectivity index (χ1) is 11.9. The maximum absolute atomic E-state index is 13.2. The smallest absolute Gasteiger partial charge is 0.267 e. The van der Waals surface area contributed by atoms with Crippen molar-refractivity contribution in [3.63, 3.8) is 0 Å². The molecule has 5 nitrogen and oxygen atoms in total. The first-order valence-corrected chi connectivity index (χ1v) is 7.77. The van der Waals surface area contributed by atoms with Crippen molar-refractivity contribution in [2.75, 3.05) is 16.8 Å². The lowest BCUT2D eigenvalue weighted by Gasteiger charge is -2.32. The summed E-state index contributed by atoms with van der Waals surface area (Å²) >= 11 is 0. The summed E-state index contributed by atoms with van der Waals surface area (Å²) in [5.74, 6) is -1.68. The molecule has 0 bridgehead atoms. The van der Waals surface area contributed by atoms with Crippen LogP contribution in [0.25, 0.3) is 0 Å². The summed E-state index contributed by atoms with van der Waals surface area (Å²) in [6, 6.07) is 9.83. The average Bonchev–Trinajstić information content (AvgIpc) is 2.54. The number of ether oxygens (including phenoxy) is 1. The quantitative estimate of drug-likeness (QED) is 0.925. The summed E-state index contributed by atoms with van der Waals surface area (Å²) in [6.07, 6.45) is -0.666. The van der Waals surface area contributed by atoms with Gasteiger partial charge in [-0.1, -0.05) is 12.1 Å². The Morgan fingerprint density at radius 2 is 1.88 bits per heavy atom. The Hall–Kier alpha value is -2.96. The summed E-state index contributed by atoms with van der Waals surface area (Å²) in [4.78, 5) is 25.9. The van der Waals surface area contributed by atoms with Crippen molar-refractivity contribution in [1.29, 1.82) is 0 Å². The molecule has 3 rings (SSSR count). The van der Waals surface area contributed by atoms with Crippen LogP contribution in [0.4, 0.5) is 20.2 Å². The van der Waals surface area contributed by atoms with Crippen LogP contribution >= 0.6 is 0 Å². The van der Waals surface area contributed by atoms with Crippen LogP contribution in [0.3, 0.4) is 0 Å². The number of para-hydroxylation sites is 2. The van der Waals surface area contributed by atoms with Gasteiger partial charge < -0.3 is 15.0 Å². The van der Waals surface area contributed by atoms with Crippen LogP contribution in [0.15, 0.2) is 42.5 Å². The highest BCUT2D eigenvalue weighted by Gasteiger charge is 2.31. The van der Waals surface area contributed by atoms with E-state index >= 15 is 0 Å². The lowest BCUT2D eigenvalue weighted by atomic mass is 10.1. The third-order valence-corrected chi connectivity index (χ3v) is 3.78. The summed E-state index contributed by atoms with van der Waals surface area (Å²) in [5, 5.41) is 2.43. The Kier molecular flexibility index (Phi) is 4.65. The van der Waals surface area contributed by atoms with Crippen molar-refractivity contribution in [2.45, 2.75) is 19.4 Å². The summed E-state index contributed by atoms with van der Waals surface area (Å²) in [5.41, 5.74) is 0.625. The van der Waals surface area contributed by atoms with Crippen LogP contribution in [-0.4, -0.2) is 24.5 Å². The van der Waals surface area contributed by atoms with E-state index < -0.39 is 23.6 Å². The molecule has 2 aromatic rings. The Morgan fingerprint density at radius 1 is 1.20 bits per heavy atom. The number of benzene rings is 2. The molecule has 0 saturated heterocycles. The van der Waals surface area contributed by atoms with Gasteiger partial charge in [-0.2, -0.15) is 0 Å². The molecule has 1 atom stereocenters. The van der Waals surface area contributed by atoms with Gasteiger partial charge in [0.05, 0.1) is 5.69 Å². The molecule has 25 heavy (non-hydrogen) atoms. The predicted octanol–water partition coefficient (Wildman–Crippen LogP) is 3.11. The Morgan fingerprint density at radius 3 is 2.60 bits per heavy atom. The molecule has 1 heterocycles. The monoisotopic (exact) mass is 346 g/mol. The number of hydrogen-bond acceptors (Lipinski definition) is 3. The van der Waals surface area contributed by atoms with Crippen LogP contribution in [0.1, 0.15) is 13.3 Å². The van der Waals surface area contributed by atoms with Crippen LogP contribution < -0.4 is 15.0 Å². The van der Waals surface area contributed by atoms with Gasteiger partial charge in [0.1, 0.15) is 17.4 Å². The van der Waals surface area contributed by atoms with E-state index in [1.807, 2.05) is 0 Å². The Bertz CT molecular complexity index is 805. The fraction of sp³-hybridized carbons (Fsp3) is 0.222. The number of amides is 2. The van der Waals surface area contributed by atoms with E-state index in [4.69, 9.17) is 4.74 Å². The van der Waals surface area contributed by atoms with Crippen molar-refractivity contribution >= 4 is 23.2 Å². The molecule has 130 valence electrons. The fourth-order valence-electron chi connectivity index (χ4n) is 2.65. The number of rotatable bonds is 4. The second-order valence-electron chi connectivity index (χ2n) is 5.67. The van der Waals surface area contributed by atoms with Gasteiger partial charge in [0.15, 0.2) is 6.10 Å². The minimum atomic E-state index is -0.776. The lowest BCUT2D eigenvalue weighted by molar-refractivity contribution is -0.125. The second kappa shape index (κ2) is 6.88. The van der Waals surface area contributed by atoms with Crippen LogP contribution in [-0.2, 0) is 9.59 Å². The number of hydrogen-bond donors (Lipinski definition) is 1. The van der Waals surface area contributed by atoms with E-state index in [9.17, 15) is 18.4 Å². The van der Waals surface area contributed by atoms with Crippen molar-refractivity contribution in [2.24, 2.45) is 0 Å². The molecule has 1 aliphatic rings. The number of nitrogens with one attached hydrogen (secondary N) is 1. The molecular formula is C18H16F2N2O3. The first kappa shape index (κ1) is 16.9. The molecule has 7 heteroatoms. The number of halogens is 2. The highest BCUT2D eigenvalue weighted by Crippen LogP contribution is 2.33. The molecule has 1 unspecified atom stereocenters. The zero-order valence-electron chi connectivity index (χ0n) is 13.5. The lowest BCUT2D eigenvalue weighted by Crippen LogP contribution is -2.45. The fourth-order valence-corrected chi connectivity index (χ4v) is 2.65.